The van der Waals surface area contributed by atoms with E-state index in [0.717, 1.165) is 12.0 Å². The van der Waals surface area contributed by atoms with Crippen LogP contribution in [0.4, 0.5) is 8.78 Å². The van der Waals surface area contributed by atoms with Gasteiger partial charge in [-0.1, -0.05) is 37.3 Å². The zero-order valence-corrected chi connectivity index (χ0v) is 11.0. The van der Waals surface area contributed by atoms with Crippen LogP contribution < -0.4 is 0 Å². The maximum atomic E-state index is 14.0. The SMILES string of the molecule is CCc1cccc(C(O)c2c(F)ccc(C)c2F)c1. The third-order valence-corrected chi connectivity index (χ3v) is 3.27. The van der Waals surface area contributed by atoms with Crippen LogP contribution in [0.3, 0.4) is 0 Å². The van der Waals surface area contributed by atoms with Crippen LogP contribution in [0, 0.1) is 18.6 Å². The van der Waals surface area contributed by atoms with E-state index in [0.29, 0.717) is 11.1 Å². The van der Waals surface area contributed by atoms with Gasteiger partial charge in [-0.3, -0.25) is 0 Å². The second-order valence-corrected chi connectivity index (χ2v) is 4.59. The summed E-state index contributed by atoms with van der Waals surface area (Å²) in [7, 11) is 0. The Labute approximate surface area is 111 Å². The average Bonchev–Trinajstić information content (AvgIpc) is 2.43. The minimum absolute atomic E-state index is 0.284. The molecule has 2 aromatic rings. The lowest BCUT2D eigenvalue weighted by atomic mass is 9.97. The average molecular weight is 262 g/mol. The quantitative estimate of drug-likeness (QED) is 0.889. The van der Waals surface area contributed by atoms with Crippen molar-refractivity contribution in [2.24, 2.45) is 0 Å². The number of aliphatic hydroxyl groups excluding tert-OH is 1. The van der Waals surface area contributed by atoms with Gasteiger partial charge < -0.3 is 5.11 Å². The fourth-order valence-electron chi connectivity index (χ4n) is 2.08. The third kappa shape index (κ3) is 2.66. The Bertz CT molecular complexity index is 593. The maximum Gasteiger partial charge on any atom is 0.135 e. The number of aryl methyl sites for hydroxylation is 2. The first-order chi connectivity index (χ1) is 9.04. The molecule has 0 aromatic heterocycles. The van der Waals surface area contributed by atoms with Crippen LogP contribution in [0.2, 0.25) is 0 Å². The van der Waals surface area contributed by atoms with E-state index in [1.165, 1.54) is 12.1 Å². The second-order valence-electron chi connectivity index (χ2n) is 4.59. The molecular formula is C16H16F2O. The number of benzene rings is 2. The monoisotopic (exact) mass is 262 g/mol. The maximum absolute atomic E-state index is 14.0. The predicted molar refractivity (Wildman–Crippen MR) is 71.0 cm³/mol. The van der Waals surface area contributed by atoms with E-state index in [-0.39, 0.29) is 5.56 Å². The number of hydrogen-bond donors (Lipinski definition) is 1. The number of hydrogen-bond acceptors (Lipinski definition) is 1. The number of rotatable bonds is 3. The third-order valence-electron chi connectivity index (χ3n) is 3.27. The molecule has 0 saturated heterocycles. The first kappa shape index (κ1) is 13.7. The molecule has 1 atom stereocenters. The van der Waals surface area contributed by atoms with Gasteiger partial charge in [0.25, 0.3) is 0 Å². The highest BCUT2D eigenvalue weighted by Gasteiger charge is 2.21. The first-order valence-corrected chi connectivity index (χ1v) is 6.26. The smallest absolute Gasteiger partial charge is 0.135 e. The summed E-state index contributed by atoms with van der Waals surface area (Å²) in [5, 5.41) is 10.2. The Hall–Kier alpha value is -1.74. The normalized spacial score (nSPS) is 12.5. The molecule has 0 saturated carbocycles. The Morgan fingerprint density at radius 3 is 2.58 bits per heavy atom. The van der Waals surface area contributed by atoms with Gasteiger partial charge in [-0.25, -0.2) is 8.78 Å². The van der Waals surface area contributed by atoms with E-state index in [1.807, 2.05) is 13.0 Å². The van der Waals surface area contributed by atoms with Crippen molar-refractivity contribution < 1.29 is 13.9 Å². The molecule has 1 unspecified atom stereocenters. The number of halogens is 2. The first-order valence-electron chi connectivity index (χ1n) is 6.26. The summed E-state index contributed by atoms with van der Waals surface area (Å²) in [6.07, 6.45) is -0.481. The molecule has 0 aliphatic heterocycles. The molecule has 0 radical (unpaired) electrons. The molecule has 2 aromatic carbocycles. The lowest BCUT2D eigenvalue weighted by Crippen LogP contribution is -2.07. The summed E-state index contributed by atoms with van der Waals surface area (Å²) in [5.74, 6) is -1.41. The van der Waals surface area contributed by atoms with Crippen molar-refractivity contribution in [3.8, 4) is 0 Å². The van der Waals surface area contributed by atoms with Crippen LogP contribution in [0.1, 0.15) is 35.3 Å². The molecule has 3 heteroatoms. The summed E-state index contributed by atoms with van der Waals surface area (Å²) >= 11 is 0. The van der Waals surface area contributed by atoms with Crippen molar-refractivity contribution in [3.05, 3.63) is 70.3 Å². The van der Waals surface area contributed by atoms with Crippen LogP contribution in [0.25, 0.3) is 0 Å². The highest BCUT2D eigenvalue weighted by atomic mass is 19.1. The van der Waals surface area contributed by atoms with E-state index >= 15 is 0 Å². The van der Waals surface area contributed by atoms with Crippen LogP contribution in [0.5, 0.6) is 0 Å². The molecule has 0 amide bonds. The van der Waals surface area contributed by atoms with Crippen molar-refractivity contribution in [3.63, 3.8) is 0 Å². The molecule has 2 rings (SSSR count). The van der Waals surface area contributed by atoms with Gasteiger partial charge in [-0.05, 0) is 36.1 Å². The standard InChI is InChI=1S/C16H16F2O/c1-3-11-5-4-6-12(9-11)16(19)14-13(17)8-7-10(2)15(14)18/h4-9,16,19H,3H2,1-2H3. The van der Waals surface area contributed by atoms with Gasteiger partial charge in [0.2, 0.25) is 0 Å². The molecule has 0 aliphatic carbocycles. The predicted octanol–water partition coefficient (Wildman–Crippen LogP) is 3.92. The lowest BCUT2D eigenvalue weighted by Gasteiger charge is -2.15. The molecule has 1 nitrogen and oxygen atoms in total. The second kappa shape index (κ2) is 5.49. The Kier molecular flexibility index (Phi) is 3.96. The van der Waals surface area contributed by atoms with Crippen molar-refractivity contribution in [2.75, 3.05) is 0 Å². The summed E-state index contributed by atoms with van der Waals surface area (Å²) < 4.78 is 27.7. The fraction of sp³-hybridized carbons (Fsp3) is 0.250. The largest absolute Gasteiger partial charge is 0.383 e. The number of aliphatic hydroxyl groups is 1. The van der Waals surface area contributed by atoms with E-state index in [9.17, 15) is 13.9 Å². The Morgan fingerprint density at radius 1 is 1.16 bits per heavy atom. The van der Waals surface area contributed by atoms with Gasteiger partial charge >= 0.3 is 0 Å². The highest BCUT2D eigenvalue weighted by molar-refractivity contribution is 5.36. The lowest BCUT2D eigenvalue weighted by molar-refractivity contribution is 0.208. The minimum atomic E-state index is -1.29. The summed E-state index contributed by atoms with van der Waals surface area (Å²) in [6.45, 7) is 3.53. The summed E-state index contributed by atoms with van der Waals surface area (Å²) in [6, 6.07) is 9.68. The van der Waals surface area contributed by atoms with E-state index in [1.54, 1.807) is 25.1 Å². The Balaban J connectivity index is 2.49. The molecule has 19 heavy (non-hydrogen) atoms. The van der Waals surface area contributed by atoms with Crippen LogP contribution in [-0.4, -0.2) is 5.11 Å². The van der Waals surface area contributed by atoms with Crippen LogP contribution in [0.15, 0.2) is 36.4 Å². The Morgan fingerprint density at radius 2 is 1.89 bits per heavy atom. The van der Waals surface area contributed by atoms with E-state index in [2.05, 4.69) is 0 Å². The van der Waals surface area contributed by atoms with Crippen molar-refractivity contribution in [2.45, 2.75) is 26.4 Å². The molecule has 0 fully saturated rings. The molecular weight excluding hydrogens is 246 g/mol. The van der Waals surface area contributed by atoms with Gasteiger partial charge in [-0.2, -0.15) is 0 Å². The van der Waals surface area contributed by atoms with Gasteiger partial charge in [0, 0.05) is 0 Å². The van der Waals surface area contributed by atoms with Crippen LogP contribution in [-0.2, 0) is 6.42 Å². The summed E-state index contributed by atoms with van der Waals surface area (Å²) in [4.78, 5) is 0. The van der Waals surface area contributed by atoms with Gasteiger partial charge in [0.05, 0.1) is 5.56 Å². The van der Waals surface area contributed by atoms with E-state index in [4.69, 9.17) is 0 Å². The van der Waals surface area contributed by atoms with E-state index < -0.39 is 17.7 Å². The fourth-order valence-corrected chi connectivity index (χ4v) is 2.08. The zero-order chi connectivity index (χ0) is 14.0. The molecule has 0 bridgehead atoms. The molecule has 1 N–H and O–H groups in total. The van der Waals surface area contributed by atoms with Crippen molar-refractivity contribution >= 4 is 0 Å². The van der Waals surface area contributed by atoms with Gasteiger partial charge in [0.15, 0.2) is 0 Å². The molecule has 0 heterocycles. The van der Waals surface area contributed by atoms with Gasteiger partial charge in [-0.15, -0.1) is 0 Å². The highest BCUT2D eigenvalue weighted by Crippen LogP contribution is 2.28. The molecule has 0 spiro atoms. The topological polar surface area (TPSA) is 20.2 Å². The van der Waals surface area contributed by atoms with Crippen molar-refractivity contribution in [1.82, 2.24) is 0 Å². The zero-order valence-electron chi connectivity index (χ0n) is 11.0. The van der Waals surface area contributed by atoms with Crippen molar-refractivity contribution in [1.29, 1.82) is 0 Å². The molecule has 100 valence electrons. The molecule has 0 aliphatic rings. The minimum Gasteiger partial charge on any atom is -0.383 e. The van der Waals surface area contributed by atoms with Crippen LogP contribution >= 0.6 is 0 Å². The van der Waals surface area contributed by atoms with Gasteiger partial charge in [0.1, 0.15) is 17.7 Å². The summed E-state index contributed by atoms with van der Waals surface area (Å²) in [5.41, 5.74) is 1.56.